The standard InChI is InChI=1S/C19H31N3O2/c1-6-7-10-24-17-11-16(19(17,3)4)22(5)18(23)15-9-8-14(12-20)21-13(15)2/h8-9,16-17H,6-7,10-12,20H2,1-5H3/t16-,17+/m0/s1. The Morgan fingerprint density at radius 2 is 2.17 bits per heavy atom. The molecule has 5 nitrogen and oxygen atoms in total. The molecule has 0 unspecified atom stereocenters. The molecule has 1 amide bonds. The van der Waals surface area contributed by atoms with Crippen molar-refractivity contribution in [2.24, 2.45) is 11.1 Å². The van der Waals surface area contributed by atoms with Crippen LogP contribution in [0.5, 0.6) is 0 Å². The Hall–Kier alpha value is -1.46. The molecule has 134 valence electrons. The Balaban J connectivity index is 2.04. The summed E-state index contributed by atoms with van der Waals surface area (Å²) in [5, 5.41) is 0. The molecule has 0 aromatic carbocycles. The smallest absolute Gasteiger partial charge is 0.255 e. The van der Waals surface area contributed by atoms with Crippen molar-refractivity contribution in [3.8, 4) is 0 Å². The van der Waals surface area contributed by atoms with Crippen LogP contribution in [0.1, 0.15) is 61.8 Å². The van der Waals surface area contributed by atoms with Gasteiger partial charge in [0, 0.05) is 31.7 Å². The third-order valence-corrected chi connectivity index (χ3v) is 5.31. The molecule has 1 heterocycles. The molecule has 0 spiro atoms. The minimum Gasteiger partial charge on any atom is -0.378 e. The highest BCUT2D eigenvalue weighted by Gasteiger charge is 2.52. The molecular formula is C19H31N3O2. The third-order valence-electron chi connectivity index (χ3n) is 5.31. The van der Waals surface area contributed by atoms with Gasteiger partial charge in [0.25, 0.3) is 5.91 Å². The lowest BCUT2D eigenvalue weighted by atomic mass is 9.63. The van der Waals surface area contributed by atoms with Gasteiger partial charge in [-0.2, -0.15) is 0 Å². The Bertz CT molecular complexity index is 586. The fraction of sp³-hybridized carbons (Fsp3) is 0.684. The number of carbonyl (C=O) groups excluding carboxylic acids is 1. The molecule has 2 rings (SSSR count). The number of nitrogens with two attached hydrogens (primary N) is 1. The molecule has 0 aliphatic heterocycles. The van der Waals surface area contributed by atoms with Crippen molar-refractivity contribution in [2.75, 3.05) is 13.7 Å². The van der Waals surface area contributed by atoms with E-state index in [0.29, 0.717) is 12.1 Å². The first-order valence-electron chi connectivity index (χ1n) is 8.88. The Kier molecular flexibility index (Phi) is 5.99. The second-order valence-corrected chi connectivity index (χ2v) is 7.34. The number of rotatable bonds is 7. The molecule has 0 bridgehead atoms. The summed E-state index contributed by atoms with van der Waals surface area (Å²) in [7, 11) is 1.88. The molecule has 5 heteroatoms. The minimum atomic E-state index is -0.0311. The summed E-state index contributed by atoms with van der Waals surface area (Å²) < 4.78 is 5.99. The first-order valence-corrected chi connectivity index (χ1v) is 8.88. The van der Waals surface area contributed by atoms with E-state index in [0.717, 1.165) is 37.3 Å². The first kappa shape index (κ1) is 18.9. The molecule has 24 heavy (non-hydrogen) atoms. The number of amides is 1. The van der Waals surface area contributed by atoms with Crippen LogP contribution in [-0.4, -0.2) is 41.6 Å². The predicted octanol–water partition coefficient (Wildman–Crippen LogP) is 2.90. The number of ether oxygens (including phenoxy) is 1. The fourth-order valence-electron chi connectivity index (χ4n) is 3.46. The van der Waals surface area contributed by atoms with Crippen LogP contribution >= 0.6 is 0 Å². The van der Waals surface area contributed by atoms with Gasteiger partial charge in [0.1, 0.15) is 0 Å². The number of hydrogen-bond acceptors (Lipinski definition) is 4. The van der Waals surface area contributed by atoms with Crippen molar-refractivity contribution >= 4 is 5.91 Å². The molecule has 0 radical (unpaired) electrons. The molecule has 1 aromatic rings. The van der Waals surface area contributed by atoms with Crippen molar-refractivity contribution in [1.82, 2.24) is 9.88 Å². The second-order valence-electron chi connectivity index (χ2n) is 7.34. The lowest BCUT2D eigenvalue weighted by Gasteiger charge is -2.55. The molecule has 0 saturated heterocycles. The van der Waals surface area contributed by atoms with Crippen LogP contribution in [0, 0.1) is 12.3 Å². The summed E-state index contributed by atoms with van der Waals surface area (Å²) in [6, 6.07) is 3.85. The zero-order valence-electron chi connectivity index (χ0n) is 15.6. The van der Waals surface area contributed by atoms with Gasteiger partial charge >= 0.3 is 0 Å². The zero-order chi connectivity index (χ0) is 17.9. The number of hydrogen-bond donors (Lipinski definition) is 1. The van der Waals surface area contributed by atoms with E-state index < -0.39 is 0 Å². The number of unbranched alkanes of at least 4 members (excludes halogenated alkanes) is 1. The summed E-state index contributed by atoms with van der Waals surface area (Å²) >= 11 is 0. The van der Waals surface area contributed by atoms with E-state index in [2.05, 4.69) is 25.8 Å². The second kappa shape index (κ2) is 7.62. The highest BCUT2D eigenvalue weighted by molar-refractivity contribution is 5.95. The van der Waals surface area contributed by atoms with Crippen molar-refractivity contribution < 1.29 is 9.53 Å². The highest BCUT2D eigenvalue weighted by Crippen LogP contribution is 2.45. The number of aromatic nitrogens is 1. The Morgan fingerprint density at radius 3 is 2.71 bits per heavy atom. The topological polar surface area (TPSA) is 68.5 Å². The van der Waals surface area contributed by atoms with Crippen molar-refractivity contribution in [2.45, 2.75) is 65.6 Å². The molecule has 1 aromatic heterocycles. The zero-order valence-corrected chi connectivity index (χ0v) is 15.6. The van der Waals surface area contributed by atoms with Crippen LogP contribution in [0.4, 0.5) is 0 Å². The lowest BCUT2D eigenvalue weighted by molar-refractivity contribution is -0.140. The van der Waals surface area contributed by atoms with Crippen LogP contribution in [0.2, 0.25) is 0 Å². The van der Waals surface area contributed by atoms with Gasteiger partial charge in [-0.25, -0.2) is 0 Å². The SMILES string of the molecule is CCCCO[C@@H]1C[C@H](N(C)C(=O)c2ccc(CN)nc2C)C1(C)C. The fourth-order valence-corrected chi connectivity index (χ4v) is 3.46. The number of carbonyl (C=O) groups is 1. The first-order chi connectivity index (χ1) is 11.3. The number of nitrogens with zero attached hydrogens (tertiary/aromatic N) is 2. The van der Waals surface area contributed by atoms with Gasteiger partial charge < -0.3 is 15.4 Å². The van der Waals surface area contributed by atoms with E-state index >= 15 is 0 Å². The number of pyridine rings is 1. The average molecular weight is 333 g/mol. The van der Waals surface area contributed by atoms with Crippen LogP contribution in [0.3, 0.4) is 0 Å². The molecule has 1 aliphatic carbocycles. The van der Waals surface area contributed by atoms with Gasteiger partial charge in [-0.1, -0.05) is 27.2 Å². The molecule has 1 saturated carbocycles. The molecule has 1 fully saturated rings. The van der Waals surface area contributed by atoms with Crippen molar-refractivity contribution in [1.29, 1.82) is 0 Å². The summed E-state index contributed by atoms with van der Waals surface area (Å²) in [5.41, 5.74) is 7.78. The van der Waals surface area contributed by atoms with E-state index in [4.69, 9.17) is 10.5 Å². The number of aryl methyl sites for hydroxylation is 1. The van der Waals surface area contributed by atoms with Gasteiger partial charge in [-0.15, -0.1) is 0 Å². The maximum Gasteiger partial charge on any atom is 0.255 e. The largest absolute Gasteiger partial charge is 0.378 e. The van der Waals surface area contributed by atoms with Crippen LogP contribution in [0.15, 0.2) is 12.1 Å². The average Bonchev–Trinajstić information content (AvgIpc) is 2.56. The quantitative estimate of drug-likeness (QED) is 0.779. The monoisotopic (exact) mass is 333 g/mol. The van der Waals surface area contributed by atoms with Gasteiger partial charge in [0.05, 0.1) is 23.1 Å². The van der Waals surface area contributed by atoms with E-state index in [1.807, 2.05) is 31.0 Å². The Labute approximate surface area is 145 Å². The van der Waals surface area contributed by atoms with Crippen LogP contribution in [-0.2, 0) is 11.3 Å². The molecule has 2 atom stereocenters. The van der Waals surface area contributed by atoms with Gasteiger partial charge in [-0.3, -0.25) is 9.78 Å². The van der Waals surface area contributed by atoms with Gasteiger partial charge in [0.15, 0.2) is 0 Å². The summed E-state index contributed by atoms with van der Waals surface area (Å²) in [5.74, 6) is 0.0219. The summed E-state index contributed by atoms with van der Waals surface area (Å²) in [6.45, 7) is 9.59. The van der Waals surface area contributed by atoms with Crippen LogP contribution in [0.25, 0.3) is 0 Å². The van der Waals surface area contributed by atoms with E-state index in [9.17, 15) is 4.79 Å². The Morgan fingerprint density at radius 1 is 1.46 bits per heavy atom. The molecular weight excluding hydrogens is 302 g/mol. The third kappa shape index (κ3) is 3.62. The predicted molar refractivity (Wildman–Crippen MR) is 95.8 cm³/mol. The maximum atomic E-state index is 12.9. The highest BCUT2D eigenvalue weighted by atomic mass is 16.5. The summed E-state index contributed by atoms with van der Waals surface area (Å²) in [4.78, 5) is 19.1. The van der Waals surface area contributed by atoms with E-state index in [1.54, 1.807) is 0 Å². The van der Waals surface area contributed by atoms with Crippen LogP contribution < -0.4 is 5.73 Å². The van der Waals surface area contributed by atoms with Crippen molar-refractivity contribution in [3.63, 3.8) is 0 Å². The maximum absolute atomic E-state index is 12.9. The van der Waals surface area contributed by atoms with E-state index in [-0.39, 0.29) is 23.5 Å². The summed E-state index contributed by atoms with van der Waals surface area (Å²) in [6.07, 6.45) is 3.35. The molecule has 1 aliphatic rings. The van der Waals surface area contributed by atoms with Gasteiger partial charge in [0.2, 0.25) is 0 Å². The van der Waals surface area contributed by atoms with E-state index in [1.165, 1.54) is 0 Å². The van der Waals surface area contributed by atoms with Crippen molar-refractivity contribution in [3.05, 3.63) is 29.1 Å². The molecule has 2 N–H and O–H groups in total. The minimum absolute atomic E-state index is 0.0219. The lowest BCUT2D eigenvalue weighted by Crippen LogP contribution is -2.62. The normalized spacial score (nSPS) is 22.1. The van der Waals surface area contributed by atoms with Gasteiger partial charge in [-0.05, 0) is 31.9 Å².